The average Bonchev–Trinajstić information content (AvgIpc) is 3.40. The first-order valence-corrected chi connectivity index (χ1v) is 14.5. The highest BCUT2D eigenvalue weighted by molar-refractivity contribution is 7.15. The predicted molar refractivity (Wildman–Crippen MR) is 158 cm³/mol. The van der Waals surface area contributed by atoms with Crippen LogP contribution in [-0.2, 0) is 10.3 Å². The van der Waals surface area contributed by atoms with Crippen molar-refractivity contribution in [2.24, 2.45) is 0 Å². The first-order chi connectivity index (χ1) is 19.5. The normalized spacial score (nSPS) is 15.8. The Bertz CT molecular complexity index is 1510. The molecule has 1 atom stereocenters. The number of thiazole rings is 1. The molecule has 8 nitrogen and oxygen atoms in total. The zero-order valence-corrected chi connectivity index (χ0v) is 24.4. The molecule has 41 heavy (non-hydrogen) atoms. The number of benzene rings is 2. The van der Waals surface area contributed by atoms with E-state index in [4.69, 9.17) is 14.7 Å². The van der Waals surface area contributed by atoms with Crippen LogP contribution >= 0.6 is 11.3 Å². The smallest absolute Gasteiger partial charge is 0.410 e. The van der Waals surface area contributed by atoms with Crippen LogP contribution in [0.3, 0.4) is 0 Å². The van der Waals surface area contributed by atoms with E-state index >= 15 is 4.39 Å². The molecule has 1 saturated heterocycles. The number of nitrogens with zero attached hydrogens (tertiary/aromatic N) is 4. The van der Waals surface area contributed by atoms with Crippen LogP contribution in [-0.4, -0.2) is 49.7 Å². The second-order valence-electron chi connectivity index (χ2n) is 11.2. The van der Waals surface area contributed by atoms with Gasteiger partial charge in [-0.15, -0.1) is 11.3 Å². The van der Waals surface area contributed by atoms with Gasteiger partial charge in [0.25, 0.3) is 0 Å². The molecule has 1 aliphatic rings. The third kappa shape index (κ3) is 6.55. The number of nitrogens with one attached hydrogen (secondary N) is 1. The highest BCUT2D eigenvalue weighted by Crippen LogP contribution is 2.43. The molecule has 2 aromatic carbocycles. The van der Waals surface area contributed by atoms with E-state index in [0.29, 0.717) is 45.9 Å². The number of hydrogen-bond donors (Lipinski definition) is 2. The van der Waals surface area contributed by atoms with Crippen molar-refractivity contribution in [3.8, 4) is 21.8 Å². The molecule has 0 spiro atoms. The molecule has 0 bridgehead atoms. The molecular weight excluding hydrogens is 541 g/mol. The number of amides is 1. The Kier molecular flexibility index (Phi) is 8.06. The highest BCUT2D eigenvalue weighted by Gasteiger charge is 2.40. The van der Waals surface area contributed by atoms with Crippen LogP contribution in [0.5, 0.6) is 0 Å². The molecule has 3 heterocycles. The van der Waals surface area contributed by atoms with Gasteiger partial charge in [-0.25, -0.2) is 24.1 Å². The van der Waals surface area contributed by atoms with Crippen LogP contribution in [0.15, 0.2) is 66.9 Å². The number of likely N-dealkylation sites (tertiary alicyclic amines) is 1. The van der Waals surface area contributed by atoms with E-state index < -0.39 is 23.1 Å². The monoisotopic (exact) mass is 575 g/mol. The lowest BCUT2D eigenvalue weighted by Gasteiger charge is -2.37. The molecule has 1 aliphatic heterocycles. The Balaban J connectivity index is 1.46. The third-order valence-electron chi connectivity index (χ3n) is 6.93. The second kappa shape index (κ2) is 11.5. The molecule has 0 aliphatic carbocycles. The summed E-state index contributed by atoms with van der Waals surface area (Å²) in [7, 11) is 0. The van der Waals surface area contributed by atoms with E-state index in [1.54, 1.807) is 35.4 Å². The quantitative estimate of drug-likeness (QED) is 0.261. The van der Waals surface area contributed by atoms with Crippen molar-refractivity contribution in [2.75, 3.05) is 18.4 Å². The van der Waals surface area contributed by atoms with Gasteiger partial charge in [-0.2, -0.15) is 0 Å². The molecule has 0 saturated carbocycles. The number of ether oxygens (including phenoxy) is 1. The lowest BCUT2D eigenvalue weighted by Crippen LogP contribution is -2.46. The number of carbonyl (C=O) groups is 1. The van der Waals surface area contributed by atoms with Crippen molar-refractivity contribution in [3.63, 3.8) is 0 Å². The van der Waals surface area contributed by atoms with E-state index in [-0.39, 0.29) is 18.9 Å². The van der Waals surface area contributed by atoms with E-state index in [1.807, 2.05) is 58.0 Å². The van der Waals surface area contributed by atoms with E-state index in [1.165, 1.54) is 17.4 Å². The SMILES string of the molecule is C[C@H](Nc1nccc(-c2sc(C3(O)CCN(C(=O)OC(C)(C)C)CC3)nc2-c2ccccc2F)n1)c1ccccc1. The van der Waals surface area contributed by atoms with Crippen molar-refractivity contribution in [1.29, 1.82) is 0 Å². The van der Waals surface area contributed by atoms with Crippen molar-refractivity contribution < 1.29 is 19.0 Å². The number of carbonyl (C=O) groups excluding carboxylic acids is 1. The van der Waals surface area contributed by atoms with Gasteiger partial charge in [0.1, 0.15) is 22.0 Å². The summed E-state index contributed by atoms with van der Waals surface area (Å²) in [5.41, 5.74) is 0.510. The minimum atomic E-state index is -1.28. The Morgan fingerprint density at radius 2 is 1.76 bits per heavy atom. The lowest BCUT2D eigenvalue weighted by atomic mass is 9.92. The van der Waals surface area contributed by atoms with Crippen LogP contribution < -0.4 is 5.32 Å². The number of halogens is 1. The molecule has 214 valence electrons. The van der Waals surface area contributed by atoms with E-state index in [2.05, 4.69) is 10.3 Å². The molecule has 4 aromatic rings. The summed E-state index contributed by atoms with van der Waals surface area (Å²) >= 11 is 1.28. The summed E-state index contributed by atoms with van der Waals surface area (Å²) in [4.78, 5) is 28.7. The first kappa shape index (κ1) is 28.6. The number of anilines is 1. The number of aromatic nitrogens is 3. The first-order valence-electron chi connectivity index (χ1n) is 13.6. The Morgan fingerprint density at radius 1 is 1.07 bits per heavy atom. The second-order valence-corrected chi connectivity index (χ2v) is 12.2. The van der Waals surface area contributed by atoms with E-state index in [0.717, 1.165) is 5.56 Å². The maximum Gasteiger partial charge on any atom is 0.410 e. The molecule has 0 radical (unpaired) electrons. The minimum absolute atomic E-state index is 0.0367. The van der Waals surface area contributed by atoms with Gasteiger partial charge in [-0.3, -0.25) is 0 Å². The highest BCUT2D eigenvalue weighted by atomic mass is 32.1. The maximum absolute atomic E-state index is 15.0. The van der Waals surface area contributed by atoms with Gasteiger partial charge in [-0.1, -0.05) is 42.5 Å². The van der Waals surface area contributed by atoms with Gasteiger partial charge in [0.05, 0.1) is 22.3 Å². The van der Waals surface area contributed by atoms with Crippen LogP contribution in [0.1, 0.15) is 57.1 Å². The summed E-state index contributed by atoms with van der Waals surface area (Å²) in [6.45, 7) is 8.12. The summed E-state index contributed by atoms with van der Waals surface area (Å²) in [6, 6.07) is 18.1. The summed E-state index contributed by atoms with van der Waals surface area (Å²) in [6.07, 6.45) is 1.81. The maximum atomic E-state index is 15.0. The molecule has 0 unspecified atom stereocenters. The predicted octanol–water partition coefficient (Wildman–Crippen LogP) is 6.80. The zero-order chi connectivity index (χ0) is 29.2. The fraction of sp³-hybridized carbons (Fsp3) is 0.355. The van der Waals surface area contributed by atoms with Crippen LogP contribution in [0.25, 0.3) is 21.8 Å². The van der Waals surface area contributed by atoms with Crippen molar-refractivity contribution in [1.82, 2.24) is 19.9 Å². The Labute approximate surface area is 243 Å². The van der Waals surface area contributed by atoms with Crippen molar-refractivity contribution in [2.45, 2.75) is 57.8 Å². The number of hydrogen-bond acceptors (Lipinski definition) is 8. The molecule has 5 rings (SSSR count). The zero-order valence-electron chi connectivity index (χ0n) is 23.6. The van der Waals surface area contributed by atoms with Gasteiger partial charge < -0.3 is 20.1 Å². The van der Waals surface area contributed by atoms with Crippen LogP contribution in [0.2, 0.25) is 0 Å². The minimum Gasteiger partial charge on any atom is -0.444 e. The molecule has 2 N–H and O–H groups in total. The molecular formula is C31H34FN5O3S. The lowest BCUT2D eigenvalue weighted by molar-refractivity contribution is -0.0357. The van der Waals surface area contributed by atoms with Crippen molar-refractivity contribution in [3.05, 3.63) is 83.2 Å². The number of aliphatic hydroxyl groups is 1. The summed E-state index contributed by atoms with van der Waals surface area (Å²) in [5, 5.41) is 15.5. The molecule has 2 aromatic heterocycles. The van der Waals surface area contributed by atoms with Gasteiger partial charge in [0, 0.05) is 37.7 Å². The third-order valence-corrected chi connectivity index (χ3v) is 8.20. The standard InChI is InChI=1S/C31H34FN5O3S/c1-20(21-10-6-5-7-11-21)34-28-33-17-14-24(35-28)26-25(22-12-8-9-13-23(22)32)36-27(41-26)31(39)15-18-37(19-16-31)29(38)40-30(2,3)4/h5-14,17,20,39H,15-16,18-19H2,1-4H3,(H,33,34,35)/t20-/m0/s1. The van der Waals surface area contributed by atoms with Gasteiger partial charge >= 0.3 is 6.09 Å². The number of piperidine rings is 1. The molecule has 1 fully saturated rings. The average molecular weight is 576 g/mol. The van der Waals surface area contributed by atoms with E-state index in [9.17, 15) is 9.90 Å². The van der Waals surface area contributed by atoms with Crippen LogP contribution in [0, 0.1) is 5.82 Å². The summed E-state index contributed by atoms with van der Waals surface area (Å²) in [5.74, 6) is 0.0140. The molecule has 1 amide bonds. The van der Waals surface area contributed by atoms with Gasteiger partial charge in [0.15, 0.2) is 0 Å². The summed E-state index contributed by atoms with van der Waals surface area (Å²) < 4.78 is 20.5. The Morgan fingerprint density at radius 3 is 2.44 bits per heavy atom. The fourth-order valence-corrected chi connectivity index (χ4v) is 5.90. The Hall–Kier alpha value is -3.89. The van der Waals surface area contributed by atoms with Gasteiger partial charge in [0.2, 0.25) is 5.95 Å². The van der Waals surface area contributed by atoms with Crippen LogP contribution in [0.4, 0.5) is 15.1 Å². The fourth-order valence-electron chi connectivity index (χ4n) is 4.70. The topological polar surface area (TPSA) is 100 Å². The number of rotatable bonds is 6. The van der Waals surface area contributed by atoms with Crippen molar-refractivity contribution >= 4 is 23.4 Å². The van der Waals surface area contributed by atoms with Gasteiger partial charge in [-0.05, 0) is 51.5 Å². The largest absolute Gasteiger partial charge is 0.444 e. The molecule has 10 heteroatoms.